The third-order valence-corrected chi connectivity index (χ3v) is 6.78. The molecule has 3 aromatic heterocycles. The Morgan fingerprint density at radius 1 is 1.22 bits per heavy atom. The second-order valence-electron chi connectivity index (χ2n) is 9.94. The highest BCUT2D eigenvalue weighted by atomic mass is 19.3. The van der Waals surface area contributed by atoms with Gasteiger partial charge < -0.3 is 14.7 Å². The van der Waals surface area contributed by atoms with Gasteiger partial charge in [-0.05, 0) is 43.2 Å². The molecule has 198 valence electrons. The number of halogens is 2. The van der Waals surface area contributed by atoms with E-state index in [1.165, 1.54) is 12.8 Å². The minimum atomic E-state index is -2.97. The summed E-state index contributed by atoms with van der Waals surface area (Å²) in [5, 5.41) is 25.7. The molecule has 1 N–H and O–H groups in total. The van der Waals surface area contributed by atoms with E-state index in [2.05, 4.69) is 20.6 Å². The number of carbonyl (C=O) groups is 1. The summed E-state index contributed by atoms with van der Waals surface area (Å²) in [6, 6.07) is 3.48. The Hall–Kier alpha value is -3.64. The summed E-state index contributed by atoms with van der Waals surface area (Å²) >= 11 is 0. The minimum Gasteiger partial charge on any atom is -0.481 e. The average Bonchev–Trinajstić information content (AvgIpc) is 3.41. The van der Waals surface area contributed by atoms with Crippen LogP contribution < -0.4 is 9.64 Å². The molecule has 13 heteroatoms. The lowest BCUT2D eigenvalue weighted by Crippen LogP contribution is -2.48. The van der Waals surface area contributed by atoms with Gasteiger partial charge in [0, 0.05) is 26.6 Å². The SMILES string of the molecule is CCc1nc(-c2nnn(C)c2COc2cn(CC3CC3)nn2)ccc1N1C[C@@H](CC(=O)O)CC(F)(F)C1. The zero-order chi connectivity index (χ0) is 26.2. The van der Waals surface area contributed by atoms with Gasteiger partial charge in [0.1, 0.15) is 18.0 Å². The third-order valence-electron chi connectivity index (χ3n) is 6.78. The second-order valence-corrected chi connectivity index (χ2v) is 9.94. The number of aromatic nitrogens is 7. The van der Waals surface area contributed by atoms with E-state index in [1.54, 1.807) is 39.6 Å². The maximum Gasteiger partial charge on any atom is 0.303 e. The summed E-state index contributed by atoms with van der Waals surface area (Å²) in [4.78, 5) is 17.5. The Morgan fingerprint density at radius 3 is 2.76 bits per heavy atom. The first-order valence-electron chi connectivity index (χ1n) is 12.5. The van der Waals surface area contributed by atoms with E-state index < -0.39 is 30.8 Å². The molecule has 11 nitrogen and oxygen atoms in total. The van der Waals surface area contributed by atoms with E-state index in [9.17, 15) is 13.6 Å². The smallest absolute Gasteiger partial charge is 0.303 e. The molecule has 3 aromatic rings. The number of ether oxygens (including phenoxy) is 1. The number of nitrogens with zero attached hydrogens (tertiary/aromatic N) is 8. The van der Waals surface area contributed by atoms with Crippen molar-refractivity contribution in [3.63, 3.8) is 0 Å². The van der Waals surface area contributed by atoms with Crippen LogP contribution in [0.25, 0.3) is 11.4 Å². The maximum atomic E-state index is 14.5. The van der Waals surface area contributed by atoms with E-state index in [-0.39, 0.29) is 19.6 Å². The predicted octanol–water partition coefficient (Wildman–Crippen LogP) is 2.96. The van der Waals surface area contributed by atoms with Crippen molar-refractivity contribution in [3.05, 3.63) is 29.7 Å². The molecule has 1 aliphatic heterocycles. The number of alkyl halides is 2. The van der Waals surface area contributed by atoms with Crippen LogP contribution in [0.1, 0.15) is 44.0 Å². The van der Waals surface area contributed by atoms with Crippen LogP contribution in [-0.2, 0) is 31.4 Å². The number of pyridine rings is 1. The molecule has 0 radical (unpaired) electrons. The first kappa shape index (κ1) is 25.0. The van der Waals surface area contributed by atoms with E-state index in [1.807, 2.05) is 6.92 Å². The molecule has 4 heterocycles. The molecule has 2 aliphatic rings. The molecule has 0 spiro atoms. The summed E-state index contributed by atoms with van der Waals surface area (Å²) in [5.41, 5.74) is 2.97. The fourth-order valence-electron chi connectivity index (χ4n) is 4.83. The Labute approximate surface area is 212 Å². The monoisotopic (exact) mass is 516 g/mol. The van der Waals surface area contributed by atoms with Gasteiger partial charge in [-0.15, -0.1) is 5.10 Å². The van der Waals surface area contributed by atoms with Crippen LogP contribution in [0.5, 0.6) is 5.88 Å². The number of hydrogen-bond acceptors (Lipinski definition) is 8. The number of rotatable bonds is 10. The lowest BCUT2D eigenvalue weighted by Gasteiger charge is -2.39. The maximum absolute atomic E-state index is 14.5. The van der Waals surface area contributed by atoms with Crippen molar-refractivity contribution in [2.45, 2.75) is 58.1 Å². The zero-order valence-corrected chi connectivity index (χ0v) is 20.8. The summed E-state index contributed by atoms with van der Waals surface area (Å²) in [5.74, 6) is -3.61. The van der Waals surface area contributed by atoms with E-state index >= 15 is 0 Å². The number of carboxylic acid groups (broad SMARTS) is 1. The van der Waals surface area contributed by atoms with Gasteiger partial charge in [0.25, 0.3) is 11.8 Å². The van der Waals surface area contributed by atoms with E-state index in [0.717, 1.165) is 6.54 Å². The quantitative estimate of drug-likeness (QED) is 0.433. The molecule has 1 saturated heterocycles. The number of aryl methyl sites for hydroxylation is 2. The van der Waals surface area contributed by atoms with Gasteiger partial charge in [0.2, 0.25) is 0 Å². The molecule has 1 atom stereocenters. The van der Waals surface area contributed by atoms with Crippen LogP contribution in [0.15, 0.2) is 18.3 Å². The van der Waals surface area contributed by atoms with Crippen LogP contribution in [0.3, 0.4) is 0 Å². The zero-order valence-electron chi connectivity index (χ0n) is 20.8. The van der Waals surface area contributed by atoms with Crippen LogP contribution in [0, 0.1) is 11.8 Å². The normalized spacial score (nSPS) is 19.2. The summed E-state index contributed by atoms with van der Waals surface area (Å²) in [6.07, 6.45) is 3.99. The topological polar surface area (TPSA) is 124 Å². The standard InChI is InChI=1S/C24H30F2N8O3/c1-3-17-19(33-10-16(8-22(35)36)9-24(25,26)14-33)7-6-18(27-17)23-20(32(2)30-29-23)13-37-21-12-34(31-28-21)11-15-4-5-15/h6-7,12,15-16H,3-5,8-11,13-14H2,1-2H3,(H,35,36)/t16-/m0/s1. The fraction of sp³-hybridized carbons (Fsp3) is 0.583. The summed E-state index contributed by atoms with van der Waals surface area (Å²) in [7, 11) is 1.76. The van der Waals surface area contributed by atoms with Crippen molar-refractivity contribution < 1.29 is 23.4 Å². The molecule has 2 fully saturated rings. The minimum absolute atomic E-state index is 0.154. The van der Waals surface area contributed by atoms with Crippen molar-refractivity contribution in [3.8, 4) is 17.3 Å². The Bertz CT molecular complexity index is 1270. The number of piperidine rings is 1. The predicted molar refractivity (Wildman–Crippen MR) is 128 cm³/mol. The van der Waals surface area contributed by atoms with Crippen LogP contribution in [0.2, 0.25) is 0 Å². The largest absolute Gasteiger partial charge is 0.481 e. The molecule has 0 bridgehead atoms. The molecule has 37 heavy (non-hydrogen) atoms. The number of hydrogen-bond donors (Lipinski definition) is 1. The van der Waals surface area contributed by atoms with Gasteiger partial charge in [0.15, 0.2) is 0 Å². The first-order valence-corrected chi connectivity index (χ1v) is 12.5. The van der Waals surface area contributed by atoms with Crippen LogP contribution >= 0.6 is 0 Å². The molecule has 0 unspecified atom stereocenters. The molecule has 0 aromatic carbocycles. The summed E-state index contributed by atoms with van der Waals surface area (Å²) in [6.45, 7) is 2.66. The molecule has 0 amide bonds. The van der Waals surface area contributed by atoms with Gasteiger partial charge in [-0.2, -0.15) is 0 Å². The highest BCUT2D eigenvalue weighted by Crippen LogP contribution is 2.36. The highest BCUT2D eigenvalue weighted by Gasteiger charge is 2.41. The average molecular weight is 517 g/mol. The molecule has 1 aliphatic carbocycles. The third kappa shape index (κ3) is 5.86. The highest BCUT2D eigenvalue weighted by molar-refractivity contribution is 5.67. The molecular weight excluding hydrogens is 486 g/mol. The Balaban J connectivity index is 1.35. The number of carboxylic acids is 1. The van der Waals surface area contributed by atoms with Crippen LogP contribution in [0.4, 0.5) is 14.5 Å². The van der Waals surface area contributed by atoms with Gasteiger partial charge in [-0.3, -0.25) is 4.79 Å². The van der Waals surface area contributed by atoms with Crippen molar-refractivity contribution in [2.24, 2.45) is 18.9 Å². The van der Waals surface area contributed by atoms with Crippen molar-refractivity contribution in [2.75, 3.05) is 18.0 Å². The van der Waals surface area contributed by atoms with Gasteiger partial charge in [-0.25, -0.2) is 23.1 Å². The Morgan fingerprint density at radius 2 is 2.03 bits per heavy atom. The van der Waals surface area contributed by atoms with Crippen molar-refractivity contribution in [1.29, 1.82) is 0 Å². The second kappa shape index (κ2) is 10.0. The fourth-order valence-corrected chi connectivity index (χ4v) is 4.83. The lowest BCUT2D eigenvalue weighted by molar-refractivity contribution is -0.139. The van der Waals surface area contributed by atoms with Gasteiger partial charge in [0.05, 0.1) is 36.2 Å². The Kier molecular flexibility index (Phi) is 6.78. The van der Waals surface area contributed by atoms with Crippen molar-refractivity contribution >= 4 is 11.7 Å². The number of anilines is 1. The van der Waals surface area contributed by atoms with E-state index in [4.69, 9.17) is 14.8 Å². The lowest BCUT2D eigenvalue weighted by atomic mass is 9.91. The molecule has 5 rings (SSSR count). The molecule has 1 saturated carbocycles. The van der Waals surface area contributed by atoms with Gasteiger partial charge >= 0.3 is 5.97 Å². The van der Waals surface area contributed by atoms with Crippen molar-refractivity contribution in [1.82, 2.24) is 35.0 Å². The number of aliphatic carboxylic acids is 1. The molecular formula is C24H30F2N8O3. The van der Waals surface area contributed by atoms with E-state index in [0.29, 0.717) is 46.7 Å². The summed E-state index contributed by atoms with van der Waals surface area (Å²) < 4.78 is 38.2. The first-order chi connectivity index (χ1) is 17.7. The van der Waals surface area contributed by atoms with Gasteiger partial charge in [-0.1, -0.05) is 22.4 Å². The van der Waals surface area contributed by atoms with Crippen LogP contribution in [-0.4, -0.2) is 65.1 Å².